The van der Waals surface area contributed by atoms with E-state index in [1.54, 1.807) is 24.3 Å². The zero-order valence-corrected chi connectivity index (χ0v) is 15.1. The van der Waals surface area contributed by atoms with Gasteiger partial charge in [0.25, 0.3) is 0 Å². The van der Waals surface area contributed by atoms with E-state index in [9.17, 15) is 18.0 Å². The van der Waals surface area contributed by atoms with E-state index in [1.165, 1.54) is 11.2 Å². The number of sulfonamides is 1. The van der Waals surface area contributed by atoms with Crippen molar-refractivity contribution in [3.63, 3.8) is 0 Å². The first-order valence-corrected chi connectivity index (χ1v) is 9.70. The van der Waals surface area contributed by atoms with Gasteiger partial charge < -0.3 is 10.6 Å². The Morgan fingerprint density at radius 3 is 2.04 bits per heavy atom. The number of carbonyl (C=O) groups is 2. The smallest absolute Gasteiger partial charge is 0.225 e. The molecule has 0 bridgehead atoms. The van der Waals surface area contributed by atoms with Gasteiger partial charge in [0, 0.05) is 37.8 Å². The van der Waals surface area contributed by atoms with Gasteiger partial charge in [0.2, 0.25) is 21.8 Å². The molecule has 1 rings (SSSR count). The van der Waals surface area contributed by atoms with Crippen molar-refractivity contribution in [3.05, 3.63) is 24.3 Å². The Bertz CT molecular complexity index is 656. The second-order valence-corrected chi connectivity index (χ2v) is 7.55. The van der Waals surface area contributed by atoms with Crippen LogP contribution in [-0.2, 0) is 19.6 Å². The monoisotopic (exact) mass is 355 g/mol. The molecule has 1 aromatic carbocycles. The van der Waals surface area contributed by atoms with Crippen LogP contribution < -0.4 is 10.6 Å². The van der Waals surface area contributed by atoms with Crippen LogP contribution in [0.15, 0.2) is 24.3 Å². The fraction of sp³-hybridized carbons (Fsp3) is 0.500. The number of nitrogens with zero attached hydrogens (tertiary/aromatic N) is 1. The highest BCUT2D eigenvalue weighted by molar-refractivity contribution is 7.88. The van der Waals surface area contributed by atoms with Gasteiger partial charge in [0.1, 0.15) is 0 Å². The van der Waals surface area contributed by atoms with Gasteiger partial charge in [-0.15, -0.1) is 0 Å². The fourth-order valence-electron chi connectivity index (χ4n) is 2.07. The van der Waals surface area contributed by atoms with Crippen LogP contribution in [0.1, 0.15) is 33.1 Å². The van der Waals surface area contributed by atoms with Gasteiger partial charge in [-0.2, -0.15) is 0 Å². The number of amides is 2. The average Bonchev–Trinajstić information content (AvgIpc) is 2.47. The lowest BCUT2D eigenvalue weighted by atomic mass is 10.2. The lowest BCUT2D eigenvalue weighted by Gasteiger charge is -2.19. The van der Waals surface area contributed by atoms with E-state index in [-0.39, 0.29) is 24.8 Å². The van der Waals surface area contributed by atoms with Crippen molar-refractivity contribution in [1.82, 2.24) is 4.31 Å². The summed E-state index contributed by atoms with van der Waals surface area (Å²) in [5, 5.41) is 5.35. The van der Waals surface area contributed by atoms with E-state index < -0.39 is 10.0 Å². The minimum absolute atomic E-state index is 0.0875. The number of unbranched alkanes of at least 4 members (excludes halogenated alkanes) is 1. The van der Waals surface area contributed by atoms with E-state index in [2.05, 4.69) is 10.6 Å². The number of hydrogen-bond donors (Lipinski definition) is 2. The molecule has 0 fully saturated rings. The van der Waals surface area contributed by atoms with Gasteiger partial charge in [0.05, 0.1) is 6.26 Å². The minimum atomic E-state index is -3.31. The van der Waals surface area contributed by atoms with Crippen molar-refractivity contribution in [2.75, 3.05) is 30.0 Å². The molecule has 0 heterocycles. The Balaban J connectivity index is 2.54. The van der Waals surface area contributed by atoms with Crippen LogP contribution in [0.25, 0.3) is 0 Å². The van der Waals surface area contributed by atoms with Gasteiger partial charge in [-0.1, -0.05) is 13.3 Å². The highest BCUT2D eigenvalue weighted by atomic mass is 32.2. The highest BCUT2D eigenvalue weighted by Crippen LogP contribution is 2.14. The number of nitrogens with one attached hydrogen (secondary N) is 2. The molecule has 0 unspecified atom stereocenters. The lowest BCUT2D eigenvalue weighted by molar-refractivity contribution is -0.116. The second-order valence-electron chi connectivity index (χ2n) is 5.57. The first kappa shape index (κ1) is 20.1. The Morgan fingerprint density at radius 2 is 1.58 bits per heavy atom. The van der Waals surface area contributed by atoms with Crippen LogP contribution in [0.4, 0.5) is 11.4 Å². The molecule has 8 heteroatoms. The summed E-state index contributed by atoms with van der Waals surface area (Å²) in [7, 11) is -3.31. The molecule has 7 nitrogen and oxygen atoms in total. The maximum atomic E-state index is 12.0. The fourth-order valence-corrected chi connectivity index (χ4v) is 2.95. The van der Waals surface area contributed by atoms with Crippen molar-refractivity contribution in [2.24, 2.45) is 0 Å². The van der Waals surface area contributed by atoms with Crippen LogP contribution in [-0.4, -0.2) is 43.9 Å². The Labute approximate surface area is 143 Å². The topological polar surface area (TPSA) is 95.6 Å². The van der Waals surface area contributed by atoms with Crippen LogP contribution in [0.5, 0.6) is 0 Å². The van der Waals surface area contributed by atoms with Crippen molar-refractivity contribution < 1.29 is 18.0 Å². The molecule has 1 aromatic rings. The summed E-state index contributed by atoms with van der Waals surface area (Å²) < 4.78 is 24.7. The molecule has 0 radical (unpaired) electrons. The number of rotatable bonds is 9. The van der Waals surface area contributed by atoms with Crippen LogP contribution in [0, 0.1) is 0 Å². The summed E-state index contributed by atoms with van der Waals surface area (Å²) in [4.78, 5) is 22.9. The predicted octanol–water partition coefficient (Wildman–Crippen LogP) is 2.04. The lowest BCUT2D eigenvalue weighted by Crippen LogP contribution is -2.33. The maximum absolute atomic E-state index is 12.0. The molecule has 0 saturated carbocycles. The molecule has 0 saturated heterocycles. The van der Waals surface area contributed by atoms with Crippen molar-refractivity contribution >= 4 is 33.2 Å². The summed E-state index contributed by atoms with van der Waals surface area (Å²) in [6.45, 7) is 3.99. The third-order valence-corrected chi connectivity index (χ3v) is 4.61. The molecule has 2 amide bonds. The first-order chi connectivity index (χ1) is 11.2. The predicted molar refractivity (Wildman–Crippen MR) is 95.3 cm³/mol. The average molecular weight is 355 g/mol. The maximum Gasteiger partial charge on any atom is 0.225 e. The molecular formula is C16H25N3O4S. The Hall–Kier alpha value is -1.93. The summed E-state index contributed by atoms with van der Waals surface area (Å²) in [5.74, 6) is -0.424. The van der Waals surface area contributed by atoms with Gasteiger partial charge >= 0.3 is 0 Å². The molecule has 0 spiro atoms. The van der Waals surface area contributed by atoms with Gasteiger partial charge in [-0.3, -0.25) is 9.59 Å². The summed E-state index contributed by atoms with van der Waals surface area (Å²) >= 11 is 0. The minimum Gasteiger partial charge on any atom is -0.326 e. The third kappa shape index (κ3) is 7.56. The zero-order valence-electron chi connectivity index (χ0n) is 14.3. The second kappa shape index (κ2) is 9.39. The van der Waals surface area contributed by atoms with Gasteiger partial charge in [0.15, 0.2) is 0 Å². The summed E-state index contributed by atoms with van der Waals surface area (Å²) in [6, 6.07) is 6.71. The van der Waals surface area contributed by atoms with E-state index in [4.69, 9.17) is 0 Å². The molecule has 0 aliphatic heterocycles. The molecule has 0 aliphatic rings. The third-order valence-electron chi connectivity index (χ3n) is 3.31. The van der Waals surface area contributed by atoms with E-state index in [0.717, 1.165) is 19.1 Å². The normalized spacial score (nSPS) is 11.3. The Morgan fingerprint density at radius 1 is 1.04 bits per heavy atom. The number of carbonyl (C=O) groups excluding carboxylic acids is 2. The molecule has 24 heavy (non-hydrogen) atoms. The quantitative estimate of drug-likeness (QED) is 0.708. The molecule has 0 aliphatic carbocycles. The van der Waals surface area contributed by atoms with Crippen molar-refractivity contribution in [2.45, 2.75) is 33.1 Å². The number of anilines is 2. The van der Waals surface area contributed by atoms with Crippen LogP contribution in [0.3, 0.4) is 0 Å². The summed E-state index contributed by atoms with van der Waals surface area (Å²) in [5.41, 5.74) is 1.23. The largest absolute Gasteiger partial charge is 0.326 e. The number of hydrogen-bond acceptors (Lipinski definition) is 4. The highest BCUT2D eigenvalue weighted by Gasteiger charge is 2.17. The van der Waals surface area contributed by atoms with Crippen molar-refractivity contribution in [3.8, 4) is 0 Å². The van der Waals surface area contributed by atoms with Crippen molar-refractivity contribution in [1.29, 1.82) is 0 Å². The van der Waals surface area contributed by atoms with E-state index in [0.29, 0.717) is 17.9 Å². The first-order valence-electron chi connectivity index (χ1n) is 7.85. The molecule has 0 atom stereocenters. The Kier molecular flexibility index (Phi) is 7.87. The molecule has 0 aromatic heterocycles. The van der Waals surface area contributed by atoms with Crippen LogP contribution in [0.2, 0.25) is 0 Å². The van der Waals surface area contributed by atoms with Crippen LogP contribution >= 0.6 is 0 Å². The van der Waals surface area contributed by atoms with E-state index >= 15 is 0 Å². The summed E-state index contributed by atoms with van der Waals surface area (Å²) in [6.07, 6.45) is 2.89. The standard InChI is InChI=1S/C16H25N3O4S/c1-4-5-11-19(24(3,22)23)12-10-16(21)18-15-8-6-14(7-9-15)17-13(2)20/h6-9H,4-5,10-12H2,1-3H3,(H,17,20)(H,18,21). The molecular weight excluding hydrogens is 330 g/mol. The molecule has 2 N–H and O–H groups in total. The zero-order chi connectivity index (χ0) is 18.2. The SMILES string of the molecule is CCCCN(CCC(=O)Nc1ccc(NC(C)=O)cc1)S(C)(=O)=O. The molecule has 134 valence electrons. The van der Waals surface area contributed by atoms with E-state index in [1.807, 2.05) is 6.92 Å². The number of benzene rings is 1. The van der Waals surface area contributed by atoms with Gasteiger partial charge in [-0.25, -0.2) is 12.7 Å². The van der Waals surface area contributed by atoms with Gasteiger partial charge in [-0.05, 0) is 30.7 Å².